The second kappa shape index (κ2) is 5.16. The zero-order valence-corrected chi connectivity index (χ0v) is 9.51. The van der Waals surface area contributed by atoms with Crippen molar-refractivity contribution in [2.45, 2.75) is 6.42 Å². The van der Waals surface area contributed by atoms with Crippen LogP contribution in [-0.2, 0) is 6.42 Å². The molecule has 3 nitrogen and oxygen atoms in total. The van der Waals surface area contributed by atoms with Gasteiger partial charge in [0.05, 0.1) is 0 Å². The van der Waals surface area contributed by atoms with E-state index >= 15 is 0 Å². The molecule has 3 heteroatoms. The van der Waals surface area contributed by atoms with Crippen LogP contribution in [0.2, 0.25) is 0 Å². The van der Waals surface area contributed by atoms with Gasteiger partial charge in [-0.2, -0.15) is 5.10 Å². The van der Waals surface area contributed by atoms with Crippen molar-refractivity contribution in [3.05, 3.63) is 71.3 Å². The van der Waals surface area contributed by atoms with Crippen molar-refractivity contribution in [1.82, 2.24) is 0 Å². The maximum atomic E-state index is 5.62. The number of hydrogen-bond acceptors (Lipinski definition) is 2. The molecule has 0 aliphatic carbocycles. The molecule has 0 aliphatic rings. The van der Waals surface area contributed by atoms with Crippen LogP contribution in [-0.4, -0.2) is 5.84 Å². The second-order valence-electron chi connectivity index (χ2n) is 3.87. The molecule has 2 rings (SSSR count). The first-order chi connectivity index (χ1) is 8.29. The molecule has 0 bridgehead atoms. The Balaban J connectivity index is 2.14. The minimum absolute atomic E-state index is 0.358. The third kappa shape index (κ3) is 2.84. The van der Waals surface area contributed by atoms with Crippen LogP contribution < -0.4 is 11.6 Å². The highest BCUT2D eigenvalue weighted by Gasteiger charge is 1.99. The third-order valence-electron chi connectivity index (χ3n) is 2.64. The SMILES string of the molecule is NN=C(N)c1ccc(Cc2ccccc2)cc1. The fourth-order valence-electron chi connectivity index (χ4n) is 1.70. The van der Waals surface area contributed by atoms with Crippen LogP contribution in [0.3, 0.4) is 0 Å². The lowest BCUT2D eigenvalue weighted by atomic mass is 10.0. The summed E-state index contributed by atoms with van der Waals surface area (Å²) in [5.41, 5.74) is 9.01. The highest BCUT2D eigenvalue weighted by Crippen LogP contribution is 2.10. The summed E-state index contributed by atoms with van der Waals surface area (Å²) in [6.07, 6.45) is 0.917. The number of benzene rings is 2. The van der Waals surface area contributed by atoms with E-state index in [2.05, 4.69) is 17.2 Å². The first-order valence-electron chi connectivity index (χ1n) is 5.46. The molecule has 0 saturated carbocycles. The Labute approximate surface area is 101 Å². The molecule has 0 aliphatic heterocycles. The quantitative estimate of drug-likeness (QED) is 0.362. The molecular formula is C14H15N3. The van der Waals surface area contributed by atoms with Gasteiger partial charge in [0.15, 0.2) is 0 Å². The van der Waals surface area contributed by atoms with Crippen molar-refractivity contribution in [2.24, 2.45) is 16.7 Å². The van der Waals surface area contributed by atoms with Crippen LogP contribution in [0.15, 0.2) is 59.7 Å². The minimum atomic E-state index is 0.358. The van der Waals surface area contributed by atoms with Crippen LogP contribution >= 0.6 is 0 Å². The summed E-state index contributed by atoms with van der Waals surface area (Å²) in [6, 6.07) is 18.3. The summed E-state index contributed by atoms with van der Waals surface area (Å²) in [4.78, 5) is 0. The van der Waals surface area contributed by atoms with Gasteiger partial charge in [-0.3, -0.25) is 0 Å². The fourth-order valence-corrected chi connectivity index (χ4v) is 1.70. The van der Waals surface area contributed by atoms with Crippen LogP contribution in [0.25, 0.3) is 0 Å². The van der Waals surface area contributed by atoms with E-state index in [1.54, 1.807) is 0 Å². The molecule has 0 fully saturated rings. The van der Waals surface area contributed by atoms with Crippen molar-refractivity contribution in [1.29, 1.82) is 0 Å². The number of hydrazone groups is 1. The highest BCUT2D eigenvalue weighted by atomic mass is 15.1. The van der Waals surface area contributed by atoms with Gasteiger partial charge in [-0.25, -0.2) is 0 Å². The van der Waals surface area contributed by atoms with Gasteiger partial charge in [0.25, 0.3) is 0 Å². The van der Waals surface area contributed by atoms with Gasteiger partial charge in [-0.1, -0.05) is 54.6 Å². The van der Waals surface area contributed by atoms with E-state index in [1.807, 2.05) is 42.5 Å². The summed E-state index contributed by atoms with van der Waals surface area (Å²) in [5.74, 6) is 5.49. The predicted molar refractivity (Wildman–Crippen MR) is 70.6 cm³/mol. The molecule has 2 aromatic carbocycles. The minimum Gasteiger partial charge on any atom is -0.382 e. The molecular weight excluding hydrogens is 210 g/mol. The molecule has 0 unspecified atom stereocenters. The first-order valence-corrected chi connectivity index (χ1v) is 5.46. The Bertz CT molecular complexity index is 501. The number of amidine groups is 1. The topological polar surface area (TPSA) is 64.4 Å². The Morgan fingerprint density at radius 1 is 0.882 bits per heavy atom. The average Bonchev–Trinajstić information content (AvgIpc) is 2.40. The monoisotopic (exact) mass is 225 g/mol. The Kier molecular flexibility index (Phi) is 3.40. The summed E-state index contributed by atoms with van der Waals surface area (Å²) >= 11 is 0. The highest BCUT2D eigenvalue weighted by molar-refractivity contribution is 5.97. The molecule has 4 N–H and O–H groups in total. The van der Waals surface area contributed by atoms with E-state index in [9.17, 15) is 0 Å². The Morgan fingerprint density at radius 3 is 2.06 bits per heavy atom. The lowest BCUT2D eigenvalue weighted by molar-refractivity contribution is 1.19. The maximum Gasteiger partial charge on any atom is 0.150 e. The van der Waals surface area contributed by atoms with E-state index in [-0.39, 0.29) is 0 Å². The van der Waals surface area contributed by atoms with Gasteiger partial charge in [0, 0.05) is 5.56 Å². The van der Waals surface area contributed by atoms with Gasteiger partial charge < -0.3 is 11.6 Å². The lowest BCUT2D eigenvalue weighted by Crippen LogP contribution is -2.15. The van der Waals surface area contributed by atoms with Gasteiger partial charge in [0.1, 0.15) is 5.84 Å². The zero-order chi connectivity index (χ0) is 12.1. The van der Waals surface area contributed by atoms with E-state index < -0.39 is 0 Å². The second-order valence-corrected chi connectivity index (χ2v) is 3.87. The van der Waals surface area contributed by atoms with Crippen molar-refractivity contribution in [3.8, 4) is 0 Å². The van der Waals surface area contributed by atoms with Gasteiger partial charge in [-0.05, 0) is 17.5 Å². The summed E-state index contributed by atoms with van der Waals surface area (Å²) in [7, 11) is 0. The molecule has 0 heterocycles. The molecule has 86 valence electrons. The van der Waals surface area contributed by atoms with Crippen LogP contribution in [0.5, 0.6) is 0 Å². The summed E-state index contributed by atoms with van der Waals surface area (Å²) in [6.45, 7) is 0. The van der Waals surface area contributed by atoms with Crippen LogP contribution in [0, 0.1) is 0 Å². The maximum absolute atomic E-state index is 5.62. The van der Waals surface area contributed by atoms with Gasteiger partial charge in [-0.15, -0.1) is 0 Å². The van der Waals surface area contributed by atoms with E-state index in [4.69, 9.17) is 11.6 Å². The number of nitrogens with two attached hydrogens (primary N) is 2. The Morgan fingerprint density at radius 2 is 1.47 bits per heavy atom. The van der Waals surface area contributed by atoms with E-state index in [1.165, 1.54) is 11.1 Å². The molecule has 0 radical (unpaired) electrons. The summed E-state index contributed by atoms with van der Waals surface area (Å²) in [5, 5.41) is 3.47. The lowest BCUT2D eigenvalue weighted by Gasteiger charge is -2.03. The van der Waals surface area contributed by atoms with Gasteiger partial charge >= 0.3 is 0 Å². The van der Waals surface area contributed by atoms with Crippen LogP contribution in [0.1, 0.15) is 16.7 Å². The fraction of sp³-hybridized carbons (Fsp3) is 0.0714. The third-order valence-corrected chi connectivity index (χ3v) is 2.64. The number of rotatable bonds is 3. The normalized spacial score (nSPS) is 11.4. The van der Waals surface area contributed by atoms with Crippen molar-refractivity contribution < 1.29 is 0 Å². The van der Waals surface area contributed by atoms with Crippen molar-refractivity contribution in [3.63, 3.8) is 0 Å². The number of nitrogens with zero attached hydrogens (tertiary/aromatic N) is 1. The molecule has 0 spiro atoms. The first kappa shape index (κ1) is 11.2. The van der Waals surface area contributed by atoms with Crippen molar-refractivity contribution in [2.75, 3.05) is 0 Å². The van der Waals surface area contributed by atoms with E-state index in [0.29, 0.717) is 5.84 Å². The van der Waals surface area contributed by atoms with Crippen LogP contribution in [0.4, 0.5) is 0 Å². The van der Waals surface area contributed by atoms with Crippen molar-refractivity contribution >= 4 is 5.84 Å². The zero-order valence-electron chi connectivity index (χ0n) is 9.51. The molecule has 17 heavy (non-hydrogen) atoms. The molecule has 0 atom stereocenters. The van der Waals surface area contributed by atoms with E-state index in [0.717, 1.165) is 12.0 Å². The molecule has 0 saturated heterocycles. The Hall–Kier alpha value is -2.29. The molecule has 2 aromatic rings. The average molecular weight is 225 g/mol. The largest absolute Gasteiger partial charge is 0.382 e. The smallest absolute Gasteiger partial charge is 0.150 e. The summed E-state index contributed by atoms with van der Waals surface area (Å²) < 4.78 is 0. The number of hydrogen-bond donors (Lipinski definition) is 2. The van der Waals surface area contributed by atoms with Gasteiger partial charge in [0.2, 0.25) is 0 Å². The standard InChI is InChI=1S/C14H15N3/c15-14(17-16)13-8-6-12(7-9-13)10-11-4-2-1-3-5-11/h1-9H,10,16H2,(H2,15,17). The molecule has 0 aromatic heterocycles. The predicted octanol–water partition coefficient (Wildman–Crippen LogP) is 1.86. The molecule has 0 amide bonds.